The first-order chi connectivity index (χ1) is 7.18. The third-order valence-corrected chi connectivity index (χ3v) is 3.23. The Morgan fingerprint density at radius 3 is 2.60 bits per heavy atom. The summed E-state index contributed by atoms with van der Waals surface area (Å²) in [5.41, 5.74) is 0.967. The molecule has 2 rings (SSSR count). The van der Waals surface area contributed by atoms with Crippen LogP contribution in [0.3, 0.4) is 0 Å². The molecule has 15 heavy (non-hydrogen) atoms. The average molecular weight is 245 g/mol. The fraction of sp³-hybridized carbons (Fsp3) is 0.455. The number of halogens is 2. The Morgan fingerprint density at radius 2 is 2.00 bits per heavy atom. The van der Waals surface area contributed by atoms with Gasteiger partial charge < -0.3 is 10.2 Å². The van der Waals surface area contributed by atoms with Crippen LogP contribution in [0.5, 0.6) is 0 Å². The van der Waals surface area contributed by atoms with Gasteiger partial charge in [-0.1, -0.05) is 29.3 Å². The summed E-state index contributed by atoms with van der Waals surface area (Å²) in [4.78, 5) is 2.24. The summed E-state index contributed by atoms with van der Waals surface area (Å²) in [7, 11) is 0. The van der Waals surface area contributed by atoms with E-state index in [9.17, 15) is 0 Å². The molecule has 1 fully saturated rings. The van der Waals surface area contributed by atoms with Gasteiger partial charge in [-0.3, -0.25) is 0 Å². The average Bonchev–Trinajstić information content (AvgIpc) is 2.17. The molecule has 1 N–H and O–H groups in total. The zero-order valence-electron chi connectivity index (χ0n) is 8.63. The Hall–Kier alpha value is -0.440. The van der Waals surface area contributed by atoms with Crippen LogP contribution in [-0.2, 0) is 0 Å². The lowest BCUT2D eigenvalue weighted by Crippen LogP contribution is -2.49. The summed E-state index contributed by atoms with van der Waals surface area (Å²) < 4.78 is 0. The van der Waals surface area contributed by atoms with Crippen molar-refractivity contribution in [1.29, 1.82) is 0 Å². The fourth-order valence-corrected chi connectivity index (χ4v) is 2.56. The zero-order valence-corrected chi connectivity index (χ0v) is 10.1. The van der Waals surface area contributed by atoms with Gasteiger partial charge in [-0.25, -0.2) is 0 Å². The Kier molecular flexibility index (Phi) is 3.39. The van der Waals surface area contributed by atoms with Crippen LogP contribution in [0.25, 0.3) is 0 Å². The van der Waals surface area contributed by atoms with Gasteiger partial charge in [-0.15, -0.1) is 0 Å². The van der Waals surface area contributed by atoms with Gasteiger partial charge in [-0.05, 0) is 19.1 Å². The molecule has 0 amide bonds. The SMILES string of the molecule is CC1CN(c2c(Cl)cccc2Cl)CCN1. The Labute approximate surface area is 100 Å². The van der Waals surface area contributed by atoms with Gasteiger partial charge in [-0.2, -0.15) is 0 Å². The molecule has 82 valence electrons. The predicted molar refractivity (Wildman–Crippen MR) is 66.1 cm³/mol. The predicted octanol–water partition coefficient (Wildman–Crippen LogP) is 2.79. The molecule has 1 aromatic rings. The summed E-state index contributed by atoms with van der Waals surface area (Å²) >= 11 is 12.3. The van der Waals surface area contributed by atoms with Crippen molar-refractivity contribution >= 4 is 28.9 Å². The maximum atomic E-state index is 6.16. The lowest BCUT2D eigenvalue weighted by Gasteiger charge is -2.34. The molecule has 1 heterocycles. The van der Waals surface area contributed by atoms with Crippen LogP contribution < -0.4 is 10.2 Å². The van der Waals surface area contributed by atoms with E-state index < -0.39 is 0 Å². The van der Waals surface area contributed by atoms with Gasteiger partial charge in [0.15, 0.2) is 0 Å². The summed E-state index contributed by atoms with van der Waals surface area (Å²) in [5.74, 6) is 0. The van der Waals surface area contributed by atoms with Gasteiger partial charge >= 0.3 is 0 Å². The largest absolute Gasteiger partial charge is 0.366 e. The number of nitrogens with zero attached hydrogens (tertiary/aromatic N) is 1. The number of hydrogen-bond acceptors (Lipinski definition) is 2. The number of anilines is 1. The van der Waals surface area contributed by atoms with E-state index in [0.29, 0.717) is 6.04 Å². The molecule has 0 saturated carbocycles. The van der Waals surface area contributed by atoms with Crippen molar-refractivity contribution < 1.29 is 0 Å². The zero-order chi connectivity index (χ0) is 10.8. The molecule has 0 spiro atoms. The van der Waals surface area contributed by atoms with E-state index in [2.05, 4.69) is 17.1 Å². The Balaban J connectivity index is 2.28. The van der Waals surface area contributed by atoms with Gasteiger partial charge in [0.2, 0.25) is 0 Å². The lowest BCUT2D eigenvalue weighted by atomic mass is 10.2. The fourth-order valence-electron chi connectivity index (χ4n) is 1.93. The summed E-state index contributed by atoms with van der Waals surface area (Å²) in [6.07, 6.45) is 0. The van der Waals surface area contributed by atoms with E-state index in [1.165, 1.54) is 0 Å². The van der Waals surface area contributed by atoms with Crippen molar-refractivity contribution in [2.45, 2.75) is 13.0 Å². The quantitative estimate of drug-likeness (QED) is 0.818. The first-order valence-electron chi connectivity index (χ1n) is 5.11. The van der Waals surface area contributed by atoms with Crippen LogP contribution in [-0.4, -0.2) is 25.7 Å². The minimum atomic E-state index is 0.478. The first-order valence-corrected chi connectivity index (χ1v) is 5.86. The molecule has 0 aliphatic carbocycles. The van der Waals surface area contributed by atoms with Crippen molar-refractivity contribution in [3.05, 3.63) is 28.2 Å². The number of rotatable bonds is 1. The van der Waals surface area contributed by atoms with Gasteiger partial charge in [0.05, 0.1) is 15.7 Å². The van der Waals surface area contributed by atoms with Gasteiger partial charge in [0, 0.05) is 25.7 Å². The topological polar surface area (TPSA) is 15.3 Å². The highest BCUT2D eigenvalue weighted by molar-refractivity contribution is 6.39. The molecule has 0 bridgehead atoms. The number of benzene rings is 1. The molecule has 1 aromatic carbocycles. The standard InChI is InChI=1S/C11H14Cl2N2/c1-8-7-15(6-5-14-8)11-9(12)3-2-4-10(11)13/h2-4,8,14H,5-7H2,1H3. The van der Waals surface area contributed by atoms with E-state index >= 15 is 0 Å². The molecular weight excluding hydrogens is 231 g/mol. The van der Waals surface area contributed by atoms with Crippen LogP contribution in [0.1, 0.15) is 6.92 Å². The van der Waals surface area contributed by atoms with Gasteiger partial charge in [0.25, 0.3) is 0 Å². The number of piperazine rings is 1. The van der Waals surface area contributed by atoms with Gasteiger partial charge in [0.1, 0.15) is 0 Å². The lowest BCUT2D eigenvalue weighted by molar-refractivity contribution is 0.485. The highest BCUT2D eigenvalue weighted by Gasteiger charge is 2.19. The molecule has 1 aliphatic heterocycles. The Morgan fingerprint density at radius 1 is 1.33 bits per heavy atom. The monoisotopic (exact) mass is 244 g/mol. The molecule has 0 aromatic heterocycles. The molecule has 2 nitrogen and oxygen atoms in total. The second kappa shape index (κ2) is 4.60. The molecule has 4 heteroatoms. The molecule has 1 saturated heterocycles. The third-order valence-electron chi connectivity index (χ3n) is 2.62. The molecule has 0 radical (unpaired) electrons. The number of para-hydroxylation sites is 1. The van der Waals surface area contributed by atoms with Crippen molar-refractivity contribution in [1.82, 2.24) is 5.32 Å². The van der Waals surface area contributed by atoms with E-state index in [-0.39, 0.29) is 0 Å². The maximum Gasteiger partial charge on any atom is 0.0745 e. The summed E-state index contributed by atoms with van der Waals surface area (Å²) in [6, 6.07) is 6.12. The van der Waals surface area contributed by atoms with Crippen LogP contribution in [0, 0.1) is 0 Å². The molecule has 1 atom stereocenters. The van der Waals surface area contributed by atoms with Crippen LogP contribution in [0.2, 0.25) is 10.0 Å². The third kappa shape index (κ3) is 2.39. The number of nitrogens with one attached hydrogen (secondary N) is 1. The smallest absolute Gasteiger partial charge is 0.0745 e. The first kappa shape index (κ1) is 11.1. The van der Waals surface area contributed by atoms with E-state index in [1.54, 1.807) is 0 Å². The molecule has 1 aliphatic rings. The maximum absolute atomic E-state index is 6.16. The van der Waals surface area contributed by atoms with E-state index in [0.717, 1.165) is 35.4 Å². The number of hydrogen-bond donors (Lipinski definition) is 1. The van der Waals surface area contributed by atoms with Crippen molar-refractivity contribution in [2.24, 2.45) is 0 Å². The van der Waals surface area contributed by atoms with Crippen LogP contribution >= 0.6 is 23.2 Å². The van der Waals surface area contributed by atoms with E-state index in [4.69, 9.17) is 23.2 Å². The Bertz CT molecular complexity index is 334. The summed E-state index contributed by atoms with van der Waals surface area (Å²) in [6.45, 7) is 5.04. The minimum absolute atomic E-state index is 0.478. The highest BCUT2D eigenvalue weighted by atomic mass is 35.5. The van der Waals surface area contributed by atoms with Crippen molar-refractivity contribution in [3.63, 3.8) is 0 Å². The second-order valence-electron chi connectivity index (χ2n) is 3.87. The van der Waals surface area contributed by atoms with Crippen LogP contribution in [0.4, 0.5) is 5.69 Å². The minimum Gasteiger partial charge on any atom is -0.366 e. The highest BCUT2D eigenvalue weighted by Crippen LogP contribution is 2.33. The summed E-state index contributed by atoms with van der Waals surface area (Å²) in [5, 5.41) is 4.86. The van der Waals surface area contributed by atoms with Crippen molar-refractivity contribution in [2.75, 3.05) is 24.5 Å². The normalized spacial score (nSPS) is 21.8. The molecular formula is C11H14Cl2N2. The molecule has 1 unspecified atom stereocenters. The second-order valence-corrected chi connectivity index (χ2v) is 4.69. The van der Waals surface area contributed by atoms with Crippen LogP contribution in [0.15, 0.2) is 18.2 Å². The van der Waals surface area contributed by atoms with Crippen molar-refractivity contribution in [3.8, 4) is 0 Å². The van der Waals surface area contributed by atoms with E-state index in [1.807, 2.05) is 18.2 Å².